The SMILES string of the molecule is O=C(NC1CCN([C@@H]2Cc3cc(Cl)cc(Cl)c3O2)C1)C1CC1. The maximum absolute atomic E-state index is 11.9. The zero-order valence-corrected chi connectivity index (χ0v) is 13.7. The molecule has 1 N–H and O–H groups in total. The van der Waals surface area contributed by atoms with Crippen LogP contribution in [-0.2, 0) is 11.2 Å². The minimum absolute atomic E-state index is 0.00575. The molecule has 3 aliphatic rings. The first-order valence-electron chi connectivity index (χ1n) is 7.79. The molecule has 2 heterocycles. The van der Waals surface area contributed by atoms with E-state index in [0.717, 1.165) is 50.1 Å². The second kappa shape index (κ2) is 5.59. The molecule has 1 unspecified atom stereocenters. The van der Waals surface area contributed by atoms with Gasteiger partial charge in [0.05, 0.1) is 5.02 Å². The second-order valence-corrected chi connectivity index (χ2v) is 7.26. The smallest absolute Gasteiger partial charge is 0.223 e. The predicted molar refractivity (Wildman–Crippen MR) is 85.4 cm³/mol. The number of likely N-dealkylation sites (tertiary alicyclic amines) is 1. The molecule has 1 saturated heterocycles. The molecule has 0 bridgehead atoms. The van der Waals surface area contributed by atoms with Gasteiger partial charge in [0.15, 0.2) is 6.23 Å². The Morgan fingerprint density at radius 1 is 1.27 bits per heavy atom. The number of halogens is 2. The number of amides is 1. The molecular formula is C16H18Cl2N2O2. The van der Waals surface area contributed by atoms with Gasteiger partial charge in [0, 0.05) is 42.1 Å². The van der Waals surface area contributed by atoms with E-state index in [4.69, 9.17) is 27.9 Å². The van der Waals surface area contributed by atoms with E-state index in [1.807, 2.05) is 6.07 Å². The van der Waals surface area contributed by atoms with E-state index in [1.54, 1.807) is 6.07 Å². The molecule has 1 aromatic rings. The van der Waals surface area contributed by atoms with E-state index < -0.39 is 0 Å². The van der Waals surface area contributed by atoms with Crippen LogP contribution in [0.2, 0.25) is 10.0 Å². The summed E-state index contributed by atoms with van der Waals surface area (Å²) < 4.78 is 6.01. The fourth-order valence-corrected chi connectivity index (χ4v) is 3.88. The van der Waals surface area contributed by atoms with Gasteiger partial charge in [0.2, 0.25) is 5.91 Å². The topological polar surface area (TPSA) is 41.6 Å². The number of benzene rings is 1. The molecule has 0 aromatic heterocycles. The van der Waals surface area contributed by atoms with Crippen molar-refractivity contribution in [1.82, 2.24) is 10.2 Å². The van der Waals surface area contributed by atoms with Gasteiger partial charge in [-0.15, -0.1) is 0 Å². The van der Waals surface area contributed by atoms with Gasteiger partial charge in [-0.25, -0.2) is 0 Å². The summed E-state index contributed by atoms with van der Waals surface area (Å²) in [5, 5.41) is 4.37. The average Bonchev–Trinajstić information content (AvgIpc) is 3.07. The standard InChI is InChI=1S/C16H18Cl2N2O2/c17-11-5-10-6-14(22-15(10)13(18)7-11)20-4-3-12(8-20)19-16(21)9-1-2-9/h5,7,9,12,14H,1-4,6,8H2,(H,19,21)/t12?,14-/m0/s1. The molecule has 0 spiro atoms. The van der Waals surface area contributed by atoms with Crippen LogP contribution in [0.4, 0.5) is 0 Å². The van der Waals surface area contributed by atoms with E-state index in [0.29, 0.717) is 10.0 Å². The molecule has 1 amide bonds. The van der Waals surface area contributed by atoms with Crippen molar-refractivity contribution in [2.45, 2.75) is 38.0 Å². The third kappa shape index (κ3) is 2.80. The van der Waals surface area contributed by atoms with Crippen LogP contribution in [0.3, 0.4) is 0 Å². The number of nitrogens with one attached hydrogen (secondary N) is 1. The Morgan fingerprint density at radius 3 is 2.86 bits per heavy atom. The largest absolute Gasteiger partial charge is 0.473 e. The Bertz CT molecular complexity index is 618. The Kier molecular flexibility index (Phi) is 3.71. The molecule has 4 rings (SSSR count). The zero-order valence-electron chi connectivity index (χ0n) is 12.1. The van der Waals surface area contributed by atoms with E-state index in [-0.39, 0.29) is 24.1 Å². The van der Waals surface area contributed by atoms with Crippen molar-refractivity contribution >= 4 is 29.1 Å². The molecule has 2 atom stereocenters. The quantitative estimate of drug-likeness (QED) is 0.919. The Morgan fingerprint density at radius 2 is 2.09 bits per heavy atom. The maximum Gasteiger partial charge on any atom is 0.223 e. The van der Waals surface area contributed by atoms with Gasteiger partial charge in [-0.2, -0.15) is 0 Å². The minimum atomic E-state index is -0.00575. The van der Waals surface area contributed by atoms with E-state index in [1.165, 1.54) is 0 Å². The van der Waals surface area contributed by atoms with Crippen LogP contribution in [0.1, 0.15) is 24.8 Å². The molecule has 0 radical (unpaired) electrons. The average molecular weight is 341 g/mol. The van der Waals surface area contributed by atoms with Gasteiger partial charge in [-0.1, -0.05) is 23.2 Å². The fourth-order valence-electron chi connectivity index (χ4n) is 3.30. The first-order valence-corrected chi connectivity index (χ1v) is 8.55. The van der Waals surface area contributed by atoms with Crippen LogP contribution >= 0.6 is 23.2 Å². The first kappa shape index (κ1) is 14.6. The Hall–Kier alpha value is -0.970. The number of hydrogen-bond donors (Lipinski definition) is 1. The first-order chi connectivity index (χ1) is 10.6. The van der Waals surface area contributed by atoms with Gasteiger partial charge in [0.25, 0.3) is 0 Å². The van der Waals surface area contributed by atoms with Crippen LogP contribution in [0.5, 0.6) is 5.75 Å². The lowest BCUT2D eigenvalue weighted by Gasteiger charge is -2.23. The molecule has 1 aromatic carbocycles. The van der Waals surface area contributed by atoms with Crippen LogP contribution in [-0.4, -0.2) is 36.2 Å². The molecule has 4 nitrogen and oxygen atoms in total. The summed E-state index contributed by atoms with van der Waals surface area (Å²) in [6.07, 6.45) is 3.85. The van der Waals surface area contributed by atoms with Crippen LogP contribution in [0.15, 0.2) is 12.1 Å². The summed E-state index contributed by atoms with van der Waals surface area (Å²) >= 11 is 12.3. The highest BCUT2D eigenvalue weighted by Gasteiger charge is 2.37. The normalized spacial score (nSPS) is 27.5. The van der Waals surface area contributed by atoms with Gasteiger partial charge in [-0.05, 0) is 31.4 Å². The summed E-state index contributed by atoms with van der Waals surface area (Å²) in [6, 6.07) is 3.87. The van der Waals surface area contributed by atoms with Crippen molar-refractivity contribution in [3.63, 3.8) is 0 Å². The molecule has 22 heavy (non-hydrogen) atoms. The number of hydrogen-bond acceptors (Lipinski definition) is 3. The minimum Gasteiger partial charge on any atom is -0.473 e. The van der Waals surface area contributed by atoms with Gasteiger partial charge in [-0.3, -0.25) is 9.69 Å². The molecule has 2 aliphatic heterocycles. The van der Waals surface area contributed by atoms with Crippen molar-refractivity contribution < 1.29 is 9.53 Å². The fraction of sp³-hybridized carbons (Fsp3) is 0.562. The van der Waals surface area contributed by atoms with Crippen molar-refractivity contribution in [1.29, 1.82) is 0 Å². The molecule has 1 aliphatic carbocycles. The third-order valence-corrected chi connectivity index (χ3v) is 5.15. The number of fused-ring (bicyclic) bond motifs is 1. The number of ether oxygens (including phenoxy) is 1. The zero-order chi connectivity index (χ0) is 15.3. The summed E-state index contributed by atoms with van der Waals surface area (Å²) in [5.74, 6) is 1.24. The van der Waals surface area contributed by atoms with Crippen molar-refractivity contribution in [2.24, 2.45) is 5.92 Å². The molecular weight excluding hydrogens is 323 g/mol. The maximum atomic E-state index is 11.9. The summed E-state index contributed by atoms with van der Waals surface area (Å²) in [7, 11) is 0. The van der Waals surface area contributed by atoms with Crippen molar-refractivity contribution in [3.8, 4) is 5.75 Å². The predicted octanol–water partition coefficient (Wildman–Crippen LogP) is 2.85. The molecule has 6 heteroatoms. The Balaban J connectivity index is 1.38. The second-order valence-electron chi connectivity index (χ2n) is 6.42. The number of nitrogens with zero attached hydrogens (tertiary/aromatic N) is 1. The molecule has 1 saturated carbocycles. The van der Waals surface area contributed by atoms with E-state index in [9.17, 15) is 4.79 Å². The van der Waals surface area contributed by atoms with Crippen LogP contribution in [0, 0.1) is 5.92 Å². The summed E-state index contributed by atoms with van der Waals surface area (Å²) in [6.45, 7) is 1.77. The van der Waals surface area contributed by atoms with Crippen LogP contribution < -0.4 is 10.1 Å². The highest BCUT2D eigenvalue weighted by molar-refractivity contribution is 6.35. The van der Waals surface area contributed by atoms with E-state index >= 15 is 0 Å². The van der Waals surface area contributed by atoms with Crippen molar-refractivity contribution in [2.75, 3.05) is 13.1 Å². The lowest BCUT2D eigenvalue weighted by atomic mass is 10.1. The van der Waals surface area contributed by atoms with Gasteiger partial charge >= 0.3 is 0 Å². The highest BCUT2D eigenvalue weighted by atomic mass is 35.5. The lowest BCUT2D eigenvalue weighted by molar-refractivity contribution is -0.122. The monoisotopic (exact) mass is 340 g/mol. The molecule has 118 valence electrons. The number of rotatable bonds is 3. The Labute approximate surface area is 139 Å². The summed E-state index contributed by atoms with van der Waals surface area (Å²) in [4.78, 5) is 14.1. The van der Waals surface area contributed by atoms with Crippen LogP contribution in [0.25, 0.3) is 0 Å². The highest BCUT2D eigenvalue weighted by Crippen LogP contribution is 2.39. The van der Waals surface area contributed by atoms with Gasteiger partial charge < -0.3 is 10.1 Å². The van der Waals surface area contributed by atoms with Crippen molar-refractivity contribution in [3.05, 3.63) is 27.7 Å². The number of carbonyl (C=O) groups excluding carboxylic acids is 1. The van der Waals surface area contributed by atoms with E-state index in [2.05, 4.69) is 10.2 Å². The summed E-state index contributed by atoms with van der Waals surface area (Å²) in [5.41, 5.74) is 1.06. The lowest BCUT2D eigenvalue weighted by Crippen LogP contribution is -2.41. The number of carbonyl (C=O) groups is 1. The van der Waals surface area contributed by atoms with Gasteiger partial charge in [0.1, 0.15) is 5.75 Å². The third-order valence-electron chi connectivity index (χ3n) is 4.66. The molecule has 2 fully saturated rings.